The molecule has 0 heterocycles. The fraction of sp³-hybridized carbons (Fsp3) is 0.588. The lowest BCUT2D eigenvalue weighted by Crippen LogP contribution is -2.35. The van der Waals surface area contributed by atoms with Gasteiger partial charge in [-0.25, -0.2) is 0 Å². The van der Waals surface area contributed by atoms with Crippen LogP contribution in [0.25, 0.3) is 0 Å². The number of nitrogens with one attached hydrogen (secondary N) is 1. The lowest BCUT2D eigenvalue weighted by atomic mass is 9.83. The molecule has 0 spiro atoms. The third kappa shape index (κ3) is 4.46. The molecule has 0 saturated heterocycles. The van der Waals surface area contributed by atoms with Gasteiger partial charge in [0, 0.05) is 18.2 Å². The van der Waals surface area contributed by atoms with Gasteiger partial charge in [0.2, 0.25) is 5.91 Å². The summed E-state index contributed by atoms with van der Waals surface area (Å²) in [7, 11) is 0. The highest BCUT2D eigenvalue weighted by Gasteiger charge is 2.24. The largest absolute Gasteiger partial charge is 0.494 e. The molecule has 4 heteroatoms. The van der Waals surface area contributed by atoms with Crippen LogP contribution in [0.2, 0.25) is 0 Å². The van der Waals surface area contributed by atoms with Crippen LogP contribution in [-0.2, 0) is 4.79 Å². The Bertz CT molecular complexity index is 488. The molecular weight excluding hydrogens is 264 g/mol. The second-order valence-electron chi connectivity index (χ2n) is 5.87. The molecule has 1 fully saturated rings. The van der Waals surface area contributed by atoms with E-state index in [1.54, 1.807) is 0 Å². The van der Waals surface area contributed by atoms with Crippen LogP contribution in [0.4, 0.5) is 5.69 Å². The van der Waals surface area contributed by atoms with E-state index >= 15 is 0 Å². The summed E-state index contributed by atoms with van der Waals surface area (Å²) >= 11 is 0. The van der Waals surface area contributed by atoms with E-state index < -0.39 is 0 Å². The average Bonchev–Trinajstić information content (AvgIpc) is 2.45. The van der Waals surface area contributed by atoms with Crippen molar-refractivity contribution in [3.05, 3.63) is 23.8 Å². The second-order valence-corrected chi connectivity index (χ2v) is 5.87. The van der Waals surface area contributed by atoms with E-state index in [4.69, 9.17) is 10.5 Å². The van der Waals surface area contributed by atoms with Gasteiger partial charge in [-0.2, -0.15) is 0 Å². The third-order valence-corrected chi connectivity index (χ3v) is 4.20. The van der Waals surface area contributed by atoms with E-state index in [1.807, 2.05) is 32.0 Å². The molecule has 116 valence electrons. The second kappa shape index (κ2) is 7.46. The molecule has 1 aliphatic rings. The Morgan fingerprint density at radius 1 is 1.38 bits per heavy atom. The number of hydrogen-bond donors (Lipinski definition) is 2. The minimum absolute atomic E-state index is 0.0598. The molecule has 2 unspecified atom stereocenters. The van der Waals surface area contributed by atoms with Gasteiger partial charge in [-0.15, -0.1) is 0 Å². The van der Waals surface area contributed by atoms with Crippen LogP contribution in [0.3, 0.4) is 0 Å². The lowest BCUT2D eigenvalue weighted by Gasteiger charge is -2.28. The number of carbonyl (C=O) groups excluding carboxylic acids is 1. The van der Waals surface area contributed by atoms with Crippen LogP contribution in [0.15, 0.2) is 18.2 Å². The number of rotatable bonds is 5. The monoisotopic (exact) mass is 290 g/mol. The number of ether oxygens (including phenoxy) is 1. The van der Waals surface area contributed by atoms with E-state index in [0.717, 1.165) is 29.8 Å². The van der Waals surface area contributed by atoms with Crippen LogP contribution in [0.5, 0.6) is 5.75 Å². The molecule has 1 amide bonds. The van der Waals surface area contributed by atoms with Crippen molar-refractivity contribution in [3.8, 4) is 5.75 Å². The fourth-order valence-electron chi connectivity index (χ4n) is 2.96. The van der Waals surface area contributed by atoms with Crippen LogP contribution >= 0.6 is 0 Å². The highest BCUT2D eigenvalue weighted by atomic mass is 16.5. The fourth-order valence-corrected chi connectivity index (χ4v) is 2.96. The number of carbonyl (C=O) groups is 1. The predicted molar refractivity (Wildman–Crippen MR) is 85.5 cm³/mol. The quantitative estimate of drug-likeness (QED) is 0.875. The maximum Gasteiger partial charge on any atom is 0.224 e. The van der Waals surface area contributed by atoms with E-state index in [2.05, 4.69) is 5.32 Å². The maximum absolute atomic E-state index is 12.2. The Kier molecular flexibility index (Phi) is 5.62. The molecule has 2 atom stereocenters. The molecule has 1 aromatic carbocycles. The Morgan fingerprint density at radius 2 is 2.14 bits per heavy atom. The Hall–Kier alpha value is -1.55. The van der Waals surface area contributed by atoms with Crippen molar-refractivity contribution < 1.29 is 9.53 Å². The van der Waals surface area contributed by atoms with Gasteiger partial charge < -0.3 is 15.8 Å². The molecule has 1 saturated carbocycles. The van der Waals surface area contributed by atoms with Crippen molar-refractivity contribution in [3.63, 3.8) is 0 Å². The average molecular weight is 290 g/mol. The highest BCUT2D eigenvalue weighted by Crippen LogP contribution is 2.27. The molecule has 4 nitrogen and oxygen atoms in total. The van der Waals surface area contributed by atoms with Gasteiger partial charge in [0.25, 0.3) is 0 Å². The van der Waals surface area contributed by atoms with Gasteiger partial charge in [0.1, 0.15) is 5.75 Å². The van der Waals surface area contributed by atoms with Crippen LogP contribution in [-0.4, -0.2) is 18.6 Å². The zero-order valence-corrected chi connectivity index (χ0v) is 13.0. The van der Waals surface area contributed by atoms with Gasteiger partial charge >= 0.3 is 0 Å². The van der Waals surface area contributed by atoms with Gasteiger partial charge in [-0.1, -0.05) is 12.8 Å². The summed E-state index contributed by atoms with van der Waals surface area (Å²) in [5, 5.41) is 3.00. The summed E-state index contributed by atoms with van der Waals surface area (Å²) in [5.41, 5.74) is 7.98. The number of nitrogens with two attached hydrogens (primary N) is 1. The molecule has 0 aromatic heterocycles. The standard InChI is InChI=1S/C17H26N2O2/c1-3-21-14-8-9-16(12(2)10-14)19-17(20)11-13-6-4-5-7-15(13)18/h8-10,13,15H,3-7,11,18H2,1-2H3,(H,19,20). The molecule has 2 rings (SSSR count). The van der Waals surface area contributed by atoms with Crippen molar-refractivity contribution in [1.29, 1.82) is 0 Å². The Labute approximate surface area is 127 Å². The predicted octanol–water partition coefficient (Wildman–Crippen LogP) is 3.24. The molecule has 3 N–H and O–H groups in total. The zero-order chi connectivity index (χ0) is 15.2. The van der Waals surface area contributed by atoms with E-state index in [-0.39, 0.29) is 11.9 Å². The smallest absolute Gasteiger partial charge is 0.224 e. The SMILES string of the molecule is CCOc1ccc(NC(=O)CC2CCCCC2N)c(C)c1. The number of amides is 1. The van der Waals surface area contributed by atoms with Gasteiger partial charge in [-0.05, 0) is 56.4 Å². The molecule has 0 aliphatic heterocycles. The summed E-state index contributed by atoms with van der Waals surface area (Å²) in [4.78, 5) is 12.2. The summed E-state index contributed by atoms with van der Waals surface area (Å²) in [6.45, 7) is 4.58. The first-order valence-electron chi connectivity index (χ1n) is 7.89. The van der Waals surface area contributed by atoms with Gasteiger partial charge in [-0.3, -0.25) is 4.79 Å². The molecule has 1 aromatic rings. The van der Waals surface area contributed by atoms with E-state index in [1.165, 1.54) is 12.8 Å². The van der Waals surface area contributed by atoms with Crippen molar-refractivity contribution in [2.75, 3.05) is 11.9 Å². The summed E-state index contributed by atoms with van der Waals surface area (Å²) in [5.74, 6) is 1.22. The zero-order valence-electron chi connectivity index (χ0n) is 13.0. The molecule has 21 heavy (non-hydrogen) atoms. The Balaban J connectivity index is 1.93. The first-order chi connectivity index (χ1) is 10.1. The third-order valence-electron chi connectivity index (χ3n) is 4.20. The summed E-state index contributed by atoms with van der Waals surface area (Å²) < 4.78 is 5.45. The van der Waals surface area contributed by atoms with Crippen molar-refractivity contribution in [2.45, 2.75) is 52.0 Å². The van der Waals surface area contributed by atoms with E-state index in [9.17, 15) is 4.79 Å². The normalized spacial score (nSPS) is 21.9. The number of hydrogen-bond acceptors (Lipinski definition) is 3. The van der Waals surface area contributed by atoms with Crippen LogP contribution in [0.1, 0.15) is 44.6 Å². The minimum atomic E-state index is 0.0598. The lowest BCUT2D eigenvalue weighted by molar-refractivity contribution is -0.117. The van der Waals surface area contributed by atoms with Crippen LogP contribution < -0.4 is 15.8 Å². The highest BCUT2D eigenvalue weighted by molar-refractivity contribution is 5.91. The summed E-state index contributed by atoms with van der Waals surface area (Å²) in [6, 6.07) is 5.91. The van der Waals surface area contributed by atoms with Crippen molar-refractivity contribution in [2.24, 2.45) is 11.7 Å². The molecular formula is C17H26N2O2. The topological polar surface area (TPSA) is 64.3 Å². The summed E-state index contributed by atoms with van der Waals surface area (Å²) in [6.07, 6.45) is 5.01. The molecule has 0 radical (unpaired) electrons. The maximum atomic E-state index is 12.2. The van der Waals surface area contributed by atoms with Crippen LogP contribution in [0, 0.1) is 12.8 Å². The van der Waals surface area contributed by atoms with Crippen molar-refractivity contribution in [1.82, 2.24) is 0 Å². The molecule has 0 bridgehead atoms. The van der Waals surface area contributed by atoms with E-state index in [0.29, 0.717) is 18.9 Å². The Morgan fingerprint density at radius 3 is 2.81 bits per heavy atom. The first-order valence-corrected chi connectivity index (χ1v) is 7.89. The van der Waals surface area contributed by atoms with Gasteiger partial charge in [0.05, 0.1) is 6.61 Å². The molecule has 1 aliphatic carbocycles. The minimum Gasteiger partial charge on any atom is -0.494 e. The van der Waals surface area contributed by atoms with Crippen molar-refractivity contribution >= 4 is 11.6 Å². The number of aryl methyl sites for hydroxylation is 1. The van der Waals surface area contributed by atoms with Gasteiger partial charge in [0.15, 0.2) is 0 Å². The number of anilines is 1. The number of benzene rings is 1. The first kappa shape index (κ1) is 15.8.